The number of benzene rings is 2. The van der Waals surface area contributed by atoms with Crippen molar-refractivity contribution in [3.8, 4) is 0 Å². The minimum Gasteiger partial charge on any atom is -0.467 e. The van der Waals surface area contributed by atoms with Gasteiger partial charge in [0.2, 0.25) is 0 Å². The van der Waals surface area contributed by atoms with E-state index in [0.29, 0.717) is 5.56 Å². The molecule has 4 nitrogen and oxygen atoms in total. The van der Waals surface area contributed by atoms with Crippen molar-refractivity contribution in [3.05, 3.63) is 83.9 Å². The third kappa shape index (κ3) is 2.45. The number of fused-ring (bicyclic) bond motifs is 2. The minimum atomic E-state index is -1.08. The van der Waals surface area contributed by atoms with Crippen LogP contribution in [0.2, 0.25) is 0 Å². The fourth-order valence-electron chi connectivity index (χ4n) is 4.57. The van der Waals surface area contributed by atoms with E-state index in [1.54, 1.807) is 12.1 Å². The van der Waals surface area contributed by atoms with Gasteiger partial charge in [-0.2, -0.15) is 0 Å². The molecule has 2 bridgehead atoms. The molecule has 2 aliphatic rings. The molecule has 0 saturated heterocycles. The Morgan fingerprint density at radius 1 is 1.00 bits per heavy atom. The zero-order valence-corrected chi connectivity index (χ0v) is 14.6. The monoisotopic (exact) mass is 347 g/mol. The van der Waals surface area contributed by atoms with Crippen molar-refractivity contribution < 1.29 is 14.3 Å². The molecule has 4 rings (SSSR count). The molecule has 0 heterocycles. The molecule has 4 heteroatoms. The largest absolute Gasteiger partial charge is 0.467 e. The maximum absolute atomic E-state index is 13.0. The van der Waals surface area contributed by atoms with Crippen LogP contribution in [0.25, 0.3) is 0 Å². The molecule has 1 N–H and O–H groups in total. The fourth-order valence-corrected chi connectivity index (χ4v) is 4.57. The van der Waals surface area contributed by atoms with Gasteiger partial charge in [0, 0.05) is 17.4 Å². The molecule has 4 atom stereocenters. The van der Waals surface area contributed by atoms with Gasteiger partial charge < -0.3 is 10.1 Å². The van der Waals surface area contributed by atoms with Crippen molar-refractivity contribution in [2.75, 3.05) is 7.11 Å². The summed E-state index contributed by atoms with van der Waals surface area (Å²) in [6, 6.07) is 18.9. The van der Waals surface area contributed by atoms with Crippen molar-refractivity contribution in [3.63, 3.8) is 0 Å². The van der Waals surface area contributed by atoms with E-state index in [0.717, 1.165) is 12.0 Å². The van der Waals surface area contributed by atoms with E-state index in [-0.39, 0.29) is 29.6 Å². The SMILES string of the molecule is COC(=O)[C@@]1(NC(=O)c2ccccc2)[C@@H]2C=C[C@@H](C2)[C@H]1c1ccccc1. The van der Waals surface area contributed by atoms with Crippen molar-refractivity contribution in [1.82, 2.24) is 5.32 Å². The second-order valence-corrected chi connectivity index (χ2v) is 6.96. The van der Waals surface area contributed by atoms with E-state index >= 15 is 0 Å². The van der Waals surface area contributed by atoms with E-state index in [4.69, 9.17) is 4.74 Å². The second-order valence-electron chi connectivity index (χ2n) is 6.96. The summed E-state index contributed by atoms with van der Waals surface area (Å²) in [5.74, 6) is -0.639. The summed E-state index contributed by atoms with van der Waals surface area (Å²) in [7, 11) is 1.39. The van der Waals surface area contributed by atoms with Gasteiger partial charge in [0.15, 0.2) is 5.54 Å². The quantitative estimate of drug-likeness (QED) is 0.682. The highest BCUT2D eigenvalue weighted by Gasteiger charge is 2.62. The number of methoxy groups -OCH3 is 1. The highest BCUT2D eigenvalue weighted by Crippen LogP contribution is 2.56. The van der Waals surface area contributed by atoms with Crippen LogP contribution in [-0.4, -0.2) is 24.5 Å². The Kier molecular flexibility index (Phi) is 4.11. The van der Waals surface area contributed by atoms with Crippen molar-refractivity contribution in [1.29, 1.82) is 0 Å². The lowest BCUT2D eigenvalue weighted by atomic mass is 9.72. The summed E-state index contributed by atoms with van der Waals surface area (Å²) >= 11 is 0. The van der Waals surface area contributed by atoms with Gasteiger partial charge in [-0.05, 0) is 30.0 Å². The fraction of sp³-hybridized carbons (Fsp3) is 0.273. The van der Waals surface area contributed by atoms with Gasteiger partial charge in [0.05, 0.1) is 7.11 Å². The number of hydrogen-bond acceptors (Lipinski definition) is 3. The number of esters is 1. The van der Waals surface area contributed by atoms with Crippen LogP contribution in [0.5, 0.6) is 0 Å². The van der Waals surface area contributed by atoms with Crippen LogP contribution in [0.1, 0.15) is 28.3 Å². The van der Waals surface area contributed by atoms with Gasteiger partial charge in [-0.25, -0.2) is 4.79 Å². The number of carbonyl (C=O) groups is 2. The topological polar surface area (TPSA) is 55.4 Å². The highest BCUT2D eigenvalue weighted by atomic mass is 16.5. The molecule has 1 amide bonds. The zero-order valence-electron chi connectivity index (χ0n) is 14.6. The van der Waals surface area contributed by atoms with Gasteiger partial charge in [0.25, 0.3) is 5.91 Å². The van der Waals surface area contributed by atoms with E-state index in [2.05, 4.69) is 11.4 Å². The van der Waals surface area contributed by atoms with Crippen LogP contribution in [0, 0.1) is 11.8 Å². The summed E-state index contributed by atoms with van der Waals surface area (Å²) < 4.78 is 5.19. The van der Waals surface area contributed by atoms with Gasteiger partial charge in [-0.3, -0.25) is 4.79 Å². The first-order chi connectivity index (χ1) is 12.7. The van der Waals surface area contributed by atoms with Crippen molar-refractivity contribution in [2.45, 2.75) is 17.9 Å². The second kappa shape index (κ2) is 6.45. The first-order valence-electron chi connectivity index (χ1n) is 8.86. The number of ether oxygens (including phenoxy) is 1. The molecular formula is C22H21NO3. The van der Waals surface area contributed by atoms with Crippen LogP contribution >= 0.6 is 0 Å². The average Bonchev–Trinajstić information content (AvgIpc) is 3.29. The van der Waals surface area contributed by atoms with E-state index < -0.39 is 5.54 Å². The third-order valence-corrected chi connectivity index (χ3v) is 5.66. The van der Waals surface area contributed by atoms with Gasteiger partial charge in [0.1, 0.15) is 0 Å². The summed E-state index contributed by atoms with van der Waals surface area (Å²) in [5, 5.41) is 3.07. The summed E-state index contributed by atoms with van der Waals surface area (Å²) in [5.41, 5.74) is 0.500. The Balaban J connectivity index is 1.79. The number of carbonyl (C=O) groups excluding carboxylic acids is 2. The molecular weight excluding hydrogens is 326 g/mol. The van der Waals surface area contributed by atoms with E-state index in [9.17, 15) is 9.59 Å². The lowest BCUT2D eigenvalue weighted by Crippen LogP contribution is -2.61. The Labute approximate surface area is 152 Å². The standard InChI is InChI=1S/C22H21NO3/c1-26-21(25)22(23-20(24)16-10-6-3-7-11-16)18-13-12-17(14-18)19(22)15-8-4-2-5-9-15/h2-13,17-19H,14H2,1H3,(H,23,24)/t17-,18+,19+,22+/m0/s1. The lowest BCUT2D eigenvalue weighted by molar-refractivity contribution is -0.150. The number of nitrogens with one attached hydrogen (secondary N) is 1. The molecule has 26 heavy (non-hydrogen) atoms. The smallest absolute Gasteiger partial charge is 0.332 e. The third-order valence-electron chi connectivity index (χ3n) is 5.66. The van der Waals surface area contributed by atoms with Crippen LogP contribution in [-0.2, 0) is 9.53 Å². The van der Waals surface area contributed by atoms with Gasteiger partial charge in [-0.15, -0.1) is 0 Å². The molecule has 2 aliphatic carbocycles. The van der Waals surface area contributed by atoms with Crippen LogP contribution in [0.4, 0.5) is 0 Å². The van der Waals surface area contributed by atoms with E-state index in [1.165, 1.54) is 7.11 Å². The highest BCUT2D eigenvalue weighted by molar-refractivity contribution is 5.99. The van der Waals surface area contributed by atoms with Crippen LogP contribution in [0.15, 0.2) is 72.8 Å². The molecule has 0 unspecified atom stereocenters. The number of allylic oxidation sites excluding steroid dienone is 1. The zero-order chi connectivity index (χ0) is 18.1. The maximum atomic E-state index is 13.0. The Morgan fingerprint density at radius 3 is 2.31 bits per heavy atom. The summed E-state index contributed by atoms with van der Waals surface area (Å²) in [6.45, 7) is 0. The van der Waals surface area contributed by atoms with Crippen LogP contribution < -0.4 is 5.32 Å². The van der Waals surface area contributed by atoms with Crippen molar-refractivity contribution >= 4 is 11.9 Å². The molecule has 1 fully saturated rings. The molecule has 1 saturated carbocycles. The average molecular weight is 347 g/mol. The molecule has 2 aromatic rings. The van der Waals surface area contributed by atoms with E-state index in [1.807, 2.05) is 54.6 Å². The molecule has 132 valence electrons. The predicted octanol–water partition coefficient (Wildman–Crippen LogP) is 3.32. The van der Waals surface area contributed by atoms with Crippen molar-refractivity contribution in [2.24, 2.45) is 11.8 Å². The predicted molar refractivity (Wildman–Crippen MR) is 98.6 cm³/mol. The number of hydrogen-bond donors (Lipinski definition) is 1. The number of rotatable bonds is 4. The molecule has 0 aliphatic heterocycles. The van der Waals surface area contributed by atoms with Gasteiger partial charge in [-0.1, -0.05) is 60.7 Å². The molecule has 2 aromatic carbocycles. The Bertz CT molecular complexity index is 846. The molecule has 0 spiro atoms. The summed E-state index contributed by atoms with van der Waals surface area (Å²) in [6.07, 6.45) is 5.05. The molecule has 0 radical (unpaired) electrons. The normalized spacial score (nSPS) is 28.7. The Morgan fingerprint density at radius 2 is 1.65 bits per heavy atom. The lowest BCUT2D eigenvalue weighted by Gasteiger charge is -2.40. The minimum absolute atomic E-state index is 0.0715. The maximum Gasteiger partial charge on any atom is 0.332 e. The number of amides is 1. The first-order valence-corrected chi connectivity index (χ1v) is 8.86. The Hall–Kier alpha value is -2.88. The first kappa shape index (κ1) is 16.6. The van der Waals surface area contributed by atoms with Gasteiger partial charge >= 0.3 is 5.97 Å². The summed E-state index contributed by atoms with van der Waals surface area (Å²) in [4.78, 5) is 25.9. The molecule has 0 aromatic heterocycles. The van der Waals surface area contributed by atoms with Crippen LogP contribution in [0.3, 0.4) is 0 Å².